The van der Waals surface area contributed by atoms with Gasteiger partial charge in [-0.25, -0.2) is 0 Å². The highest BCUT2D eigenvalue weighted by atomic mass is 16.2. The summed E-state index contributed by atoms with van der Waals surface area (Å²) < 4.78 is 0. The number of hydrogen-bond donors (Lipinski definition) is 1. The van der Waals surface area contributed by atoms with E-state index in [0.717, 1.165) is 19.5 Å². The average molecular weight is 273 g/mol. The van der Waals surface area contributed by atoms with Crippen LogP contribution in [-0.2, 0) is 0 Å². The summed E-state index contributed by atoms with van der Waals surface area (Å²) in [7, 11) is 0. The van der Waals surface area contributed by atoms with Crippen LogP contribution in [-0.4, -0.2) is 47.9 Å². The van der Waals surface area contributed by atoms with Gasteiger partial charge >= 0.3 is 0 Å². The fraction of sp³-hybridized carbons (Fsp3) is 0.562. The fourth-order valence-electron chi connectivity index (χ4n) is 3.40. The molecule has 1 aromatic carbocycles. The Morgan fingerprint density at radius 1 is 1.15 bits per heavy atom. The minimum absolute atomic E-state index is 0.126. The molecule has 1 unspecified atom stereocenters. The standard InChI is InChI=1S/C16H23N3O/c17-14-6-3-5-13(11-14)16(20)19-10-4-7-15(12-19)18-8-1-2-9-18/h3,5-6,11,15H,1-2,4,7-10,12,17H2. The van der Waals surface area contributed by atoms with Crippen molar-refractivity contribution in [3.05, 3.63) is 29.8 Å². The number of carbonyl (C=O) groups is 1. The van der Waals surface area contributed by atoms with Crippen molar-refractivity contribution in [2.75, 3.05) is 31.9 Å². The maximum Gasteiger partial charge on any atom is 0.253 e. The molecule has 108 valence electrons. The lowest BCUT2D eigenvalue weighted by molar-refractivity contribution is 0.0608. The third kappa shape index (κ3) is 2.80. The van der Waals surface area contributed by atoms with Crippen LogP contribution in [0.5, 0.6) is 0 Å². The van der Waals surface area contributed by atoms with E-state index >= 15 is 0 Å². The van der Waals surface area contributed by atoms with E-state index in [2.05, 4.69) is 4.90 Å². The van der Waals surface area contributed by atoms with Crippen molar-refractivity contribution in [2.45, 2.75) is 31.7 Å². The Morgan fingerprint density at radius 3 is 2.70 bits per heavy atom. The van der Waals surface area contributed by atoms with Gasteiger partial charge in [0, 0.05) is 30.4 Å². The predicted octanol–water partition coefficient (Wildman–Crippen LogP) is 1.97. The van der Waals surface area contributed by atoms with Crippen molar-refractivity contribution in [2.24, 2.45) is 0 Å². The van der Waals surface area contributed by atoms with E-state index in [1.54, 1.807) is 6.07 Å². The molecule has 3 rings (SSSR count). The Bertz CT molecular complexity index is 482. The Balaban J connectivity index is 1.68. The molecule has 1 amide bonds. The van der Waals surface area contributed by atoms with Crippen LogP contribution >= 0.6 is 0 Å². The Morgan fingerprint density at radius 2 is 1.95 bits per heavy atom. The van der Waals surface area contributed by atoms with Gasteiger partial charge in [-0.3, -0.25) is 9.69 Å². The first-order valence-corrected chi connectivity index (χ1v) is 7.63. The first-order chi connectivity index (χ1) is 9.74. The Kier molecular flexibility index (Phi) is 3.92. The maximum absolute atomic E-state index is 12.6. The molecule has 0 spiro atoms. The minimum atomic E-state index is 0.126. The zero-order chi connectivity index (χ0) is 13.9. The molecule has 1 atom stereocenters. The number of nitrogens with two attached hydrogens (primary N) is 1. The number of piperidine rings is 1. The van der Waals surface area contributed by atoms with Gasteiger partial charge in [0.2, 0.25) is 0 Å². The van der Waals surface area contributed by atoms with E-state index in [-0.39, 0.29) is 5.91 Å². The van der Waals surface area contributed by atoms with Gasteiger partial charge in [-0.15, -0.1) is 0 Å². The second-order valence-corrected chi connectivity index (χ2v) is 5.92. The average Bonchev–Trinajstić information content (AvgIpc) is 3.01. The molecular formula is C16H23N3O. The molecule has 4 nitrogen and oxygen atoms in total. The number of carbonyl (C=O) groups excluding carboxylic acids is 1. The van der Waals surface area contributed by atoms with Gasteiger partial charge in [-0.1, -0.05) is 6.07 Å². The monoisotopic (exact) mass is 273 g/mol. The molecule has 2 heterocycles. The van der Waals surface area contributed by atoms with Gasteiger partial charge in [-0.2, -0.15) is 0 Å². The van der Waals surface area contributed by atoms with Crippen LogP contribution in [0.3, 0.4) is 0 Å². The SMILES string of the molecule is Nc1cccc(C(=O)N2CCCC(N3CCCC3)C2)c1. The molecular weight excluding hydrogens is 250 g/mol. The number of nitrogen functional groups attached to an aromatic ring is 1. The van der Waals surface area contributed by atoms with Gasteiger partial charge in [0.05, 0.1) is 0 Å². The largest absolute Gasteiger partial charge is 0.399 e. The molecule has 0 aliphatic carbocycles. The second-order valence-electron chi connectivity index (χ2n) is 5.92. The summed E-state index contributed by atoms with van der Waals surface area (Å²) in [6.45, 7) is 4.14. The van der Waals surface area contributed by atoms with E-state index < -0.39 is 0 Å². The third-order valence-corrected chi connectivity index (χ3v) is 4.47. The van der Waals surface area contributed by atoms with Gasteiger partial charge in [0.15, 0.2) is 0 Å². The Hall–Kier alpha value is -1.55. The summed E-state index contributed by atoms with van der Waals surface area (Å²) in [6, 6.07) is 7.86. The first-order valence-electron chi connectivity index (χ1n) is 7.63. The second kappa shape index (κ2) is 5.83. The zero-order valence-corrected chi connectivity index (χ0v) is 11.9. The van der Waals surface area contributed by atoms with Gasteiger partial charge in [0.25, 0.3) is 5.91 Å². The summed E-state index contributed by atoms with van der Waals surface area (Å²) in [5.74, 6) is 0.126. The fourth-order valence-corrected chi connectivity index (χ4v) is 3.40. The summed E-state index contributed by atoms with van der Waals surface area (Å²) in [6.07, 6.45) is 4.94. The van der Waals surface area contributed by atoms with E-state index in [4.69, 9.17) is 5.73 Å². The molecule has 2 saturated heterocycles. The van der Waals surface area contributed by atoms with Crippen molar-refractivity contribution in [3.8, 4) is 0 Å². The maximum atomic E-state index is 12.6. The number of rotatable bonds is 2. The lowest BCUT2D eigenvalue weighted by Gasteiger charge is -2.37. The van der Waals surface area contributed by atoms with Crippen LogP contribution < -0.4 is 5.73 Å². The number of amides is 1. The molecule has 4 heteroatoms. The van der Waals surface area contributed by atoms with Crippen LogP contribution in [0.15, 0.2) is 24.3 Å². The number of anilines is 1. The number of hydrogen-bond acceptors (Lipinski definition) is 3. The van der Waals surface area contributed by atoms with Crippen molar-refractivity contribution < 1.29 is 4.79 Å². The van der Waals surface area contributed by atoms with Crippen LogP contribution in [0.2, 0.25) is 0 Å². The molecule has 0 aromatic heterocycles. The molecule has 0 bridgehead atoms. The highest BCUT2D eigenvalue weighted by Gasteiger charge is 2.29. The summed E-state index contributed by atoms with van der Waals surface area (Å²) in [5.41, 5.74) is 7.15. The van der Waals surface area contributed by atoms with Crippen molar-refractivity contribution in [1.82, 2.24) is 9.80 Å². The predicted molar refractivity (Wildman–Crippen MR) is 80.6 cm³/mol. The van der Waals surface area contributed by atoms with Gasteiger partial charge in [0.1, 0.15) is 0 Å². The van der Waals surface area contributed by atoms with Crippen molar-refractivity contribution in [3.63, 3.8) is 0 Å². The number of benzene rings is 1. The zero-order valence-electron chi connectivity index (χ0n) is 11.9. The first kappa shape index (κ1) is 13.4. The molecule has 2 N–H and O–H groups in total. The summed E-state index contributed by atoms with van der Waals surface area (Å²) in [5, 5.41) is 0. The molecule has 2 fully saturated rings. The molecule has 2 aliphatic rings. The topological polar surface area (TPSA) is 49.6 Å². The third-order valence-electron chi connectivity index (χ3n) is 4.47. The lowest BCUT2D eigenvalue weighted by Crippen LogP contribution is -2.49. The van der Waals surface area contributed by atoms with Gasteiger partial charge < -0.3 is 10.6 Å². The number of likely N-dealkylation sites (tertiary alicyclic amines) is 2. The molecule has 2 aliphatic heterocycles. The van der Waals surface area contributed by atoms with E-state index in [9.17, 15) is 4.79 Å². The van der Waals surface area contributed by atoms with Crippen LogP contribution in [0.4, 0.5) is 5.69 Å². The molecule has 20 heavy (non-hydrogen) atoms. The van der Waals surface area contributed by atoms with Crippen LogP contribution in [0, 0.1) is 0 Å². The highest BCUT2D eigenvalue weighted by molar-refractivity contribution is 5.95. The van der Waals surface area contributed by atoms with Gasteiger partial charge in [-0.05, 0) is 57.0 Å². The van der Waals surface area contributed by atoms with E-state index in [1.165, 1.54) is 32.4 Å². The van der Waals surface area contributed by atoms with Crippen molar-refractivity contribution in [1.29, 1.82) is 0 Å². The summed E-state index contributed by atoms with van der Waals surface area (Å²) in [4.78, 5) is 17.1. The highest BCUT2D eigenvalue weighted by Crippen LogP contribution is 2.22. The smallest absolute Gasteiger partial charge is 0.253 e. The lowest BCUT2D eigenvalue weighted by atomic mass is 10.0. The van der Waals surface area contributed by atoms with E-state index in [0.29, 0.717) is 17.3 Å². The minimum Gasteiger partial charge on any atom is -0.399 e. The van der Waals surface area contributed by atoms with E-state index in [1.807, 2.05) is 23.1 Å². The molecule has 0 saturated carbocycles. The van der Waals surface area contributed by atoms with Crippen LogP contribution in [0.1, 0.15) is 36.0 Å². The number of nitrogens with zero attached hydrogens (tertiary/aromatic N) is 2. The summed E-state index contributed by atoms with van der Waals surface area (Å²) >= 11 is 0. The molecule has 0 radical (unpaired) electrons. The Labute approximate surface area is 120 Å². The van der Waals surface area contributed by atoms with Crippen LogP contribution in [0.25, 0.3) is 0 Å². The van der Waals surface area contributed by atoms with Crippen molar-refractivity contribution >= 4 is 11.6 Å². The normalized spacial score (nSPS) is 24.0. The molecule has 1 aromatic rings. The quantitative estimate of drug-likeness (QED) is 0.838.